The van der Waals surface area contributed by atoms with Crippen LogP contribution in [0.1, 0.15) is 30.0 Å². The summed E-state index contributed by atoms with van der Waals surface area (Å²) in [6.07, 6.45) is 6.97. The van der Waals surface area contributed by atoms with Gasteiger partial charge in [-0.3, -0.25) is 4.98 Å². The van der Waals surface area contributed by atoms with Gasteiger partial charge in [-0.25, -0.2) is 13.5 Å². The predicted molar refractivity (Wildman–Crippen MR) is 132 cm³/mol. The van der Waals surface area contributed by atoms with Gasteiger partial charge in [-0.05, 0) is 52.5 Å². The Morgan fingerprint density at radius 1 is 1.18 bits per heavy atom. The Hall–Kier alpha value is -3.02. The number of rotatable bonds is 6. The molecule has 0 saturated carbocycles. The van der Waals surface area contributed by atoms with Crippen LogP contribution >= 0.6 is 15.9 Å². The van der Waals surface area contributed by atoms with Crippen molar-refractivity contribution in [1.82, 2.24) is 23.9 Å². The maximum atomic E-state index is 13.2. The molecule has 1 saturated heterocycles. The van der Waals surface area contributed by atoms with Crippen molar-refractivity contribution < 1.29 is 14.4 Å². The lowest BCUT2D eigenvalue weighted by atomic mass is 9.96. The van der Waals surface area contributed by atoms with E-state index >= 15 is 0 Å². The smallest absolute Gasteiger partial charge is 0.171 e. The van der Waals surface area contributed by atoms with Crippen LogP contribution in [-0.2, 0) is 17.5 Å². The summed E-state index contributed by atoms with van der Waals surface area (Å²) in [5.41, 5.74) is 2.61. The summed E-state index contributed by atoms with van der Waals surface area (Å²) < 4.78 is 17.5. The van der Waals surface area contributed by atoms with Crippen molar-refractivity contribution >= 4 is 38.4 Å². The number of hydrogen-bond donors (Lipinski definition) is 3. The van der Waals surface area contributed by atoms with Crippen LogP contribution in [0.15, 0.2) is 64.4 Å². The Kier molecular flexibility index (Phi) is 6.48. The largest absolute Gasteiger partial charge is 0.506 e. The van der Waals surface area contributed by atoms with E-state index in [9.17, 15) is 14.4 Å². The lowest BCUT2D eigenvalue weighted by Crippen LogP contribution is -2.36. The van der Waals surface area contributed by atoms with Crippen molar-refractivity contribution in [2.24, 2.45) is 0 Å². The van der Waals surface area contributed by atoms with Crippen LogP contribution < -0.4 is 5.32 Å². The molecule has 5 rings (SSSR count). The number of halogens is 1. The molecule has 9 nitrogen and oxygen atoms in total. The van der Waals surface area contributed by atoms with Gasteiger partial charge in [0.1, 0.15) is 33.2 Å². The van der Waals surface area contributed by atoms with E-state index in [0.717, 1.165) is 34.4 Å². The van der Waals surface area contributed by atoms with Crippen molar-refractivity contribution in [1.29, 1.82) is 0 Å². The first kappa shape index (κ1) is 22.8. The van der Waals surface area contributed by atoms with Crippen molar-refractivity contribution in [2.45, 2.75) is 30.2 Å². The highest BCUT2D eigenvalue weighted by Crippen LogP contribution is 2.35. The molecule has 4 aromatic rings. The van der Waals surface area contributed by atoms with Crippen LogP contribution in [0.4, 0.5) is 5.82 Å². The molecule has 1 fully saturated rings. The Labute approximate surface area is 207 Å². The molecule has 0 radical (unpaired) electrons. The average Bonchev–Trinajstić information content (AvgIpc) is 3.24. The minimum atomic E-state index is -1.69. The van der Waals surface area contributed by atoms with Gasteiger partial charge in [-0.2, -0.15) is 9.61 Å². The number of fused-ring (bicyclic) bond motifs is 1. The maximum Gasteiger partial charge on any atom is 0.171 e. The van der Waals surface area contributed by atoms with Gasteiger partial charge < -0.3 is 15.5 Å². The van der Waals surface area contributed by atoms with E-state index in [0.29, 0.717) is 25.3 Å². The molecule has 0 bridgehead atoms. The van der Waals surface area contributed by atoms with E-state index in [1.807, 2.05) is 24.4 Å². The highest BCUT2D eigenvalue weighted by Gasteiger charge is 2.30. The zero-order chi connectivity index (χ0) is 23.7. The molecular formula is C23H23BrN6O3S. The van der Waals surface area contributed by atoms with Gasteiger partial charge in [0.15, 0.2) is 5.65 Å². The summed E-state index contributed by atoms with van der Waals surface area (Å²) in [6.45, 7) is 1.66. The highest BCUT2D eigenvalue weighted by molar-refractivity contribution is 9.10. The van der Waals surface area contributed by atoms with Gasteiger partial charge in [0, 0.05) is 44.0 Å². The Balaban J connectivity index is 1.43. The molecule has 4 heterocycles. The number of pyridine rings is 1. The summed E-state index contributed by atoms with van der Waals surface area (Å²) in [4.78, 5) is 9.06. The summed E-state index contributed by atoms with van der Waals surface area (Å²) in [5.74, 6) is 0.470. The molecule has 1 aliphatic heterocycles. The lowest BCUT2D eigenvalue weighted by molar-refractivity contribution is 0.324. The van der Waals surface area contributed by atoms with Crippen LogP contribution in [0.3, 0.4) is 0 Å². The first-order chi connectivity index (χ1) is 16.5. The molecule has 2 atom stereocenters. The van der Waals surface area contributed by atoms with Crippen molar-refractivity contribution in [3.05, 3.63) is 70.7 Å². The fourth-order valence-electron chi connectivity index (χ4n) is 4.14. The van der Waals surface area contributed by atoms with Crippen LogP contribution in [0, 0.1) is 0 Å². The number of phenols is 2. The zero-order valence-electron chi connectivity index (χ0n) is 18.1. The monoisotopic (exact) mass is 542 g/mol. The van der Waals surface area contributed by atoms with Gasteiger partial charge in [0.05, 0.1) is 16.4 Å². The number of benzene rings is 1. The SMILES string of the molecule is O=S(c1c(O)cccc1O)N1CCCC(c2cc(NCc3cccnc3)n3ncc(Br)c3n2)C1. The van der Waals surface area contributed by atoms with Gasteiger partial charge >= 0.3 is 0 Å². The third kappa shape index (κ3) is 4.50. The van der Waals surface area contributed by atoms with Crippen LogP contribution in [-0.4, -0.2) is 51.4 Å². The highest BCUT2D eigenvalue weighted by atomic mass is 79.9. The zero-order valence-corrected chi connectivity index (χ0v) is 20.5. The molecule has 3 aromatic heterocycles. The Bertz CT molecular complexity index is 1330. The second kappa shape index (κ2) is 9.69. The second-order valence-electron chi connectivity index (χ2n) is 8.11. The predicted octanol–water partition coefficient (Wildman–Crippen LogP) is 3.81. The van der Waals surface area contributed by atoms with Crippen molar-refractivity contribution in [3.8, 4) is 11.5 Å². The summed E-state index contributed by atoms with van der Waals surface area (Å²) in [7, 11) is -1.69. The average molecular weight is 543 g/mol. The van der Waals surface area contributed by atoms with Gasteiger partial charge in [0.2, 0.25) is 0 Å². The molecule has 0 spiro atoms. The molecule has 11 heteroatoms. The third-order valence-electron chi connectivity index (χ3n) is 5.83. The molecular weight excluding hydrogens is 520 g/mol. The van der Waals surface area contributed by atoms with E-state index in [-0.39, 0.29) is 22.3 Å². The first-order valence-electron chi connectivity index (χ1n) is 10.9. The fraction of sp³-hybridized carbons (Fsp3) is 0.261. The number of anilines is 1. The second-order valence-corrected chi connectivity index (χ2v) is 10.4. The summed E-state index contributed by atoms with van der Waals surface area (Å²) in [6, 6.07) is 10.3. The number of piperidine rings is 1. The minimum Gasteiger partial charge on any atom is -0.506 e. The number of phenolic OH excluding ortho intramolecular Hbond substituents is 2. The maximum absolute atomic E-state index is 13.2. The molecule has 1 aliphatic rings. The molecule has 1 aromatic carbocycles. The topological polar surface area (TPSA) is 116 Å². The first-order valence-corrected chi connectivity index (χ1v) is 12.8. The van der Waals surface area contributed by atoms with E-state index in [1.165, 1.54) is 18.2 Å². The summed E-state index contributed by atoms with van der Waals surface area (Å²) in [5, 5.41) is 28.2. The Morgan fingerprint density at radius 3 is 2.76 bits per heavy atom. The normalized spacial score (nSPS) is 17.6. The van der Waals surface area contributed by atoms with Crippen LogP contribution in [0.5, 0.6) is 11.5 Å². The van der Waals surface area contributed by atoms with Gasteiger partial charge in [-0.1, -0.05) is 12.1 Å². The van der Waals surface area contributed by atoms with Crippen molar-refractivity contribution in [3.63, 3.8) is 0 Å². The third-order valence-corrected chi connectivity index (χ3v) is 7.96. The van der Waals surface area contributed by atoms with Crippen LogP contribution in [0.2, 0.25) is 0 Å². The lowest BCUT2D eigenvalue weighted by Gasteiger charge is -2.31. The minimum absolute atomic E-state index is 0.0245. The number of nitrogens with zero attached hydrogens (tertiary/aromatic N) is 5. The van der Waals surface area contributed by atoms with Gasteiger partial charge in [-0.15, -0.1) is 0 Å². The van der Waals surface area contributed by atoms with E-state index in [1.54, 1.807) is 21.2 Å². The van der Waals surface area contributed by atoms with Gasteiger partial charge in [0.25, 0.3) is 0 Å². The van der Waals surface area contributed by atoms with E-state index in [4.69, 9.17) is 4.98 Å². The standard InChI is InChI=1S/C23H23BrN6O3S/c24-17-13-27-30-21(26-12-15-4-2-8-25-11-15)10-18(28-23(17)30)16-5-3-9-29(14-16)34(33)22-19(31)6-1-7-20(22)32/h1-2,4,6-8,10-11,13,16,26,31-32H,3,5,9,12,14H2. The fourth-order valence-corrected chi connectivity index (χ4v) is 5.85. The number of nitrogens with one attached hydrogen (secondary N) is 1. The number of aromatic nitrogens is 4. The molecule has 3 N–H and O–H groups in total. The summed E-state index contributed by atoms with van der Waals surface area (Å²) >= 11 is 3.54. The van der Waals surface area contributed by atoms with Crippen LogP contribution in [0.25, 0.3) is 5.65 Å². The quantitative estimate of drug-likeness (QED) is 0.339. The molecule has 0 amide bonds. The molecule has 34 heavy (non-hydrogen) atoms. The number of hydrogen-bond acceptors (Lipinski definition) is 7. The number of aromatic hydroxyl groups is 2. The molecule has 2 unspecified atom stereocenters. The Morgan fingerprint density at radius 2 is 2.00 bits per heavy atom. The molecule has 0 aliphatic carbocycles. The van der Waals surface area contributed by atoms with E-state index in [2.05, 4.69) is 31.3 Å². The van der Waals surface area contributed by atoms with E-state index < -0.39 is 11.0 Å². The molecule has 176 valence electrons. The van der Waals surface area contributed by atoms with Crippen molar-refractivity contribution in [2.75, 3.05) is 18.4 Å².